The van der Waals surface area contributed by atoms with Crippen molar-refractivity contribution in [2.45, 2.75) is 25.8 Å². The third kappa shape index (κ3) is 5.06. The first kappa shape index (κ1) is 21.4. The van der Waals surface area contributed by atoms with Gasteiger partial charge in [0.15, 0.2) is 0 Å². The van der Waals surface area contributed by atoms with Crippen molar-refractivity contribution in [2.24, 2.45) is 0 Å². The van der Waals surface area contributed by atoms with E-state index in [0.717, 1.165) is 29.4 Å². The molecule has 1 aromatic heterocycles. The van der Waals surface area contributed by atoms with Crippen molar-refractivity contribution in [3.05, 3.63) is 96.1 Å². The van der Waals surface area contributed by atoms with Gasteiger partial charge in [-0.2, -0.15) is 0 Å². The van der Waals surface area contributed by atoms with Gasteiger partial charge in [0.25, 0.3) is 5.91 Å². The highest BCUT2D eigenvalue weighted by molar-refractivity contribution is 6.07. The number of carbonyl (C=O) groups excluding carboxylic acids is 1. The summed E-state index contributed by atoms with van der Waals surface area (Å²) in [6, 6.07) is 27.5. The molecule has 0 unspecified atom stereocenters. The lowest BCUT2D eigenvalue weighted by molar-refractivity contribution is 0.0940. The van der Waals surface area contributed by atoms with Crippen LogP contribution in [0.25, 0.3) is 10.9 Å². The lowest BCUT2D eigenvalue weighted by Gasteiger charge is -2.16. The number of hydrogen-bond acceptors (Lipinski definition) is 4. The van der Waals surface area contributed by atoms with Crippen LogP contribution in [0.5, 0.6) is 5.75 Å². The number of aryl methyl sites for hydroxylation is 1. The smallest absolute Gasteiger partial charge is 0.252 e. The van der Waals surface area contributed by atoms with Gasteiger partial charge in [-0.25, -0.2) is 4.98 Å². The molecule has 0 aliphatic heterocycles. The Kier molecular flexibility index (Phi) is 6.66. The highest BCUT2D eigenvalue weighted by Crippen LogP contribution is 2.28. The quantitative estimate of drug-likeness (QED) is 0.378. The molecule has 1 heterocycles. The van der Waals surface area contributed by atoms with Crippen LogP contribution >= 0.6 is 0 Å². The van der Waals surface area contributed by atoms with Crippen molar-refractivity contribution in [2.75, 3.05) is 12.4 Å². The average Bonchev–Trinajstić information content (AvgIpc) is 2.83. The number of methoxy groups -OCH3 is 1. The maximum absolute atomic E-state index is 13.2. The summed E-state index contributed by atoms with van der Waals surface area (Å²) in [6.07, 6.45) is 1.78. The number of para-hydroxylation sites is 3. The van der Waals surface area contributed by atoms with E-state index in [-0.39, 0.29) is 11.9 Å². The van der Waals surface area contributed by atoms with E-state index in [2.05, 4.69) is 22.8 Å². The molecular weight excluding hydrogens is 398 g/mol. The maximum Gasteiger partial charge on any atom is 0.252 e. The summed E-state index contributed by atoms with van der Waals surface area (Å²) >= 11 is 0. The van der Waals surface area contributed by atoms with Crippen LogP contribution in [0, 0.1) is 0 Å². The van der Waals surface area contributed by atoms with Crippen molar-refractivity contribution in [3.63, 3.8) is 0 Å². The van der Waals surface area contributed by atoms with Gasteiger partial charge in [0.05, 0.1) is 23.9 Å². The summed E-state index contributed by atoms with van der Waals surface area (Å²) in [5.74, 6) is 1.20. The molecule has 5 heteroatoms. The number of carbonyl (C=O) groups is 1. The van der Waals surface area contributed by atoms with E-state index in [1.54, 1.807) is 13.2 Å². The standard InChI is InChI=1S/C27H27N3O2/c1-19(16-17-20-10-4-3-5-11-20)28-27(31)22-18-26(29-23-13-7-6-12-21(22)23)30-24-14-8-9-15-25(24)32-2/h3-15,18-19H,16-17H2,1-2H3,(H,28,31)(H,29,30)/t19-/m0/s1. The number of rotatable bonds is 8. The van der Waals surface area contributed by atoms with Gasteiger partial charge in [0, 0.05) is 11.4 Å². The first-order valence-corrected chi connectivity index (χ1v) is 10.8. The van der Waals surface area contributed by atoms with Crippen LogP contribution in [0.4, 0.5) is 11.5 Å². The van der Waals surface area contributed by atoms with Crippen LogP contribution in [0.3, 0.4) is 0 Å². The topological polar surface area (TPSA) is 63.2 Å². The van der Waals surface area contributed by atoms with E-state index in [0.29, 0.717) is 17.1 Å². The van der Waals surface area contributed by atoms with Crippen molar-refractivity contribution in [1.82, 2.24) is 10.3 Å². The van der Waals surface area contributed by atoms with Gasteiger partial charge in [-0.05, 0) is 49.6 Å². The van der Waals surface area contributed by atoms with Crippen LogP contribution in [0.15, 0.2) is 84.9 Å². The molecule has 2 N–H and O–H groups in total. The fourth-order valence-electron chi connectivity index (χ4n) is 3.71. The van der Waals surface area contributed by atoms with Gasteiger partial charge in [0.1, 0.15) is 11.6 Å². The number of pyridine rings is 1. The SMILES string of the molecule is COc1ccccc1Nc1cc(C(=O)N[C@@H](C)CCc2ccccc2)c2ccccc2n1. The molecule has 4 aromatic rings. The van der Waals surface area contributed by atoms with Crippen LogP contribution in [-0.2, 0) is 6.42 Å². The number of anilines is 2. The Bertz CT molecular complexity index is 1210. The second kappa shape index (κ2) is 9.96. The van der Waals surface area contributed by atoms with E-state index < -0.39 is 0 Å². The zero-order valence-electron chi connectivity index (χ0n) is 18.3. The van der Waals surface area contributed by atoms with Crippen molar-refractivity contribution in [3.8, 4) is 5.75 Å². The minimum atomic E-state index is -0.104. The lowest BCUT2D eigenvalue weighted by Crippen LogP contribution is -2.33. The molecule has 0 bridgehead atoms. The lowest BCUT2D eigenvalue weighted by atomic mass is 10.0. The zero-order chi connectivity index (χ0) is 22.3. The van der Waals surface area contributed by atoms with E-state index in [1.165, 1.54) is 5.56 Å². The molecule has 0 radical (unpaired) electrons. The van der Waals surface area contributed by atoms with Gasteiger partial charge in [-0.15, -0.1) is 0 Å². The molecule has 1 amide bonds. The third-order valence-corrected chi connectivity index (χ3v) is 5.42. The number of benzene rings is 3. The molecule has 0 spiro atoms. The second-order valence-corrected chi connectivity index (χ2v) is 7.80. The number of nitrogens with one attached hydrogen (secondary N) is 2. The molecule has 5 nitrogen and oxygen atoms in total. The molecule has 32 heavy (non-hydrogen) atoms. The highest BCUT2D eigenvalue weighted by atomic mass is 16.5. The van der Waals surface area contributed by atoms with Crippen LogP contribution < -0.4 is 15.4 Å². The third-order valence-electron chi connectivity index (χ3n) is 5.42. The molecule has 162 valence electrons. The van der Waals surface area contributed by atoms with Crippen molar-refractivity contribution in [1.29, 1.82) is 0 Å². The second-order valence-electron chi connectivity index (χ2n) is 7.80. The minimum Gasteiger partial charge on any atom is -0.495 e. The monoisotopic (exact) mass is 425 g/mol. The Labute approximate surface area is 188 Å². The Morgan fingerprint density at radius 2 is 1.69 bits per heavy atom. The van der Waals surface area contributed by atoms with E-state index >= 15 is 0 Å². The van der Waals surface area contributed by atoms with Crippen molar-refractivity contribution >= 4 is 28.3 Å². The summed E-state index contributed by atoms with van der Waals surface area (Å²) in [4.78, 5) is 17.9. The molecule has 0 saturated heterocycles. The summed E-state index contributed by atoms with van der Waals surface area (Å²) in [6.45, 7) is 2.04. The van der Waals surface area contributed by atoms with E-state index in [1.807, 2.05) is 73.7 Å². The number of hydrogen-bond donors (Lipinski definition) is 2. The molecule has 0 aliphatic rings. The number of aromatic nitrogens is 1. The summed E-state index contributed by atoms with van der Waals surface area (Å²) in [5, 5.41) is 7.27. The summed E-state index contributed by atoms with van der Waals surface area (Å²) in [5.41, 5.74) is 3.42. The predicted octanol–water partition coefficient (Wildman–Crippen LogP) is 5.74. The molecular formula is C27H27N3O2. The Morgan fingerprint density at radius 3 is 2.50 bits per heavy atom. The summed E-state index contributed by atoms with van der Waals surface area (Å²) < 4.78 is 5.43. The first-order valence-electron chi connectivity index (χ1n) is 10.8. The predicted molar refractivity (Wildman–Crippen MR) is 130 cm³/mol. The average molecular weight is 426 g/mol. The van der Waals surface area contributed by atoms with Crippen LogP contribution in [0.2, 0.25) is 0 Å². The fourth-order valence-corrected chi connectivity index (χ4v) is 3.71. The van der Waals surface area contributed by atoms with Gasteiger partial charge in [0.2, 0.25) is 0 Å². The Balaban J connectivity index is 1.56. The van der Waals surface area contributed by atoms with E-state index in [4.69, 9.17) is 9.72 Å². The normalized spacial score (nSPS) is 11.7. The molecule has 1 atom stereocenters. The molecule has 0 saturated carbocycles. The molecule has 0 aliphatic carbocycles. The van der Waals surface area contributed by atoms with Gasteiger partial charge in [-0.1, -0.05) is 60.7 Å². The van der Waals surface area contributed by atoms with Crippen molar-refractivity contribution < 1.29 is 9.53 Å². The number of nitrogens with zero attached hydrogens (tertiary/aromatic N) is 1. The number of ether oxygens (including phenoxy) is 1. The molecule has 4 rings (SSSR count). The Morgan fingerprint density at radius 1 is 0.969 bits per heavy atom. The minimum absolute atomic E-state index is 0.0419. The number of amides is 1. The highest BCUT2D eigenvalue weighted by Gasteiger charge is 2.16. The fraction of sp³-hybridized carbons (Fsp3) is 0.185. The largest absolute Gasteiger partial charge is 0.495 e. The summed E-state index contributed by atoms with van der Waals surface area (Å²) in [7, 11) is 1.63. The van der Waals surface area contributed by atoms with Gasteiger partial charge < -0.3 is 15.4 Å². The number of fused-ring (bicyclic) bond motifs is 1. The molecule has 3 aromatic carbocycles. The first-order chi connectivity index (χ1) is 15.6. The van der Waals surface area contributed by atoms with Crippen LogP contribution in [0.1, 0.15) is 29.3 Å². The zero-order valence-corrected chi connectivity index (χ0v) is 18.3. The molecule has 0 fully saturated rings. The Hall–Kier alpha value is -3.86. The van der Waals surface area contributed by atoms with Gasteiger partial charge in [-0.3, -0.25) is 4.79 Å². The van der Waals surface area contributed by atoms with E-state index in [9.17, 15) is 4.79 Å². The van der Waals surface area contributed by atoms with Gasteiger partial charge >= 0.3 is 0 Å². The maximum atomic E-state index is 13.2. The van der Waals surface area contributed by atoms with Crippen LogP contribution in [-0.4, -0.2) is 24.0 Å².